The first-order valence-electron chi connectivity index (χ1n) is 9.51. The zero-order valence-corrected chi connectivity index (χ0v) is 16.2. The van der Waals surface area contributed by atoms with Gasteiger partial charge in [0.25, 0.3) is 0 Å². The first kappa shape index (κ1) is 17.3. The van der Waals surface area contributed by atoms with Gasteiger partial charge in [-0.2, -0.15) is 4.98 Å². The van der Waals surface area contributed by atoms with E-state index in [-0.39, 0.29) is 11.8 Å². The Balaban J connectivity index is 1.51. The summed E-state index contributed by atoms with van der Waals surface area (Å²) in [5.74, 6) is 1.74. The van der Waals surface area contributed by atoms with Crippen molar-refractivity contribution in [2.75, 3.05) is 5.32 Å². The van der Waals surface area contributed by atoms with Crippen LogP contribution in [-0.4, -0.2) is 20.5 Å². The second kappa shape index (κ2) is 7.28. The normalized spacial score (nSPS) is 18.4. The second-order valence-electron chi connectivity index (χ2n) is 7.04. The van der Waals surface area contributed by atoms with E-state index in [4.69, 9.17) is 10.1 Å². The molecule has 6 heteroatoms. The van der Waals surface area contributed by atoms with Gasteiger partial charge in [-0.15, -0.1) is 5.10 Å². The molecular weight excluding hydrogens is 368 g/mol. The van der Waals surface area contributed by atoms with Crippen molar-refractivity contribution in [2.45, 2.75) is 36.2 Å². The van der Waals surface area contributed by atoms with Crippen LogP contribution in [0.3, 0.4) is 0 Å². The molecule has 0 radical (unpaired) electrons. The number of Topliss-reactive ketones (excluding diaryl/α,β-unsaturated/α-hetero) is 1. The quantitative estimate of drug-likeness (QED) is 0.662. The smallest absolute Gasteiger partial charge is 0.227 e. The summed E-state index contributed by atoms with van der Waals surface area (Å²) in [6, 6.07) is 20.2. The van der Waals surface area contributed by atoms with Gasteiger partial charge in [0, 0.05) is 23.4 Å². The second-order valence-corrected chi connectivity index (χ2v) is 7.99. The number of anilines is 1. The number of hydrogen-bond donors (Lipinski definition) is 1. The van der Waals surface area contributed by atoms with Crippen molar-refractivity contribution in [3.8, 4) is 0 Å². The highest BCUT2D eigenvalue weighted by Gasteiger charge is 2.36. The topological polar surface area (TPSA) is 59.8 Å². The van der Waals surface area contributed by atoms with E-state index in [2.05, 4.69) is 29.6 Å². The number of allylic oxidation sites excluding steroid dienone is 2. The standard InChI is InChI=1S/C22H20N4OS/c27-18-13-7-12-17-19(18)20(16-10-5-2-6-11-16)26-21(23-17)24-22(25-26)28-14-15-8-3-1-4-9-15/h1-6,8-11,20H,7,12-14H2,(H,23,24,25)/t20-/m0/s1. The van der Waals surface area contributed by atoms with Gasteiger partial charge in [-0.25, -0.2) is 4.68 Å². The minimum atomic E-state index is -0.209. The molecule has 1 N–H and O–H groups in total. The molecule has 2 aliphatic rings. The molecule has 0 spiro atoms. The summed E-state index contributed by atoms with van der Waals surface area (Å²) in [6.07, 6.45) is 2.36. The van der Waals surface area contributed by atoms with Crippen LogP contribution < -0.4 is 5.32 Å². The summed E-state index contributed by atoms with van der Waals surface area (Å²) in [5.41, 5.74) is 4.15. The molecule has 3 aromatic rings. The van der Waals surface area contributed by atoms with Gasteiger partial charge < -0.3 is 5.32 Å². The number of hydrogen-bond acceptors (Lipinski definition) is 5. The molecule has 1 aliphatic heterocycles. The van der Waals surface area contributed by atoms with Crippen LogP contribution in [-0.2, 0) is 10.5 Å². The first-order valence-corrected chi connectivity index (χ1v) is 10.5. The van der Waals surface area contributed by atoms with Crippen LogP contribution in [0.5, 0.6) is 0 Å². The van der Waals surface area contributed by atoms with Crippen molar-refractivity contribution >= 4 is 23.5 Å². The summed E-state index contributed by atoms with van der Waals surface area (Å²) < 4.78 is 1.88. The highest BCUT2D eigenvalue weighted by molar-refractivity contribution is 7.98. The molecule has 1 aliphatic carbocycles. The number of thioether (sulfide) groups is 1. The Hall–Kier alpha value is -2.86. The molecule has 0 saturated heterocycles. The Kier molecular flexibility index (Phi) is 4.49. The molecule has 0 saturated carbocycles. The van der Waals surface area contributed by atoms with E-state index < -0.39 is 0 Å². The molecule has 1 aromatic heterocycles. The van der Waals surface area contributed by atoms with Crippen LogP contribution in [0.4, 0.5) is 5.95 Å². The average molecular weight is 388 g/mol. The molecule has 0 unspecified atom stereocenters. The van der Waals surface area contributed by atoms with Crippen LogP contribution in [0.25, 0.3) is 0 Å². The lowest BCUT2D eigenvalue weighted by Gasteiger charge is -2.32. The van der Waals surface area contributed by atoms with Gasteiger partial charge in [-0.3, -0.25) is 4.79 Å². The van der Waals surface area contributed by atoms with Crippen molar-refractivity contribution < 1.29 is 4.79 Å². The van der Waals surface area contributed by atoms with E-state index in [1.807, 2.05) is 41.1 Å². The zero-order chi connectivity index (χ0) is 18.9. The van der Waals surface area contributed by atoms with Crippen LogP contribution in [0, 0.1) is 0 Å². The molecule has 5 rings (SSSR count). The first-order chi connectivity index (χ1) is 13.8. The lowest BCUT2D eigenvalue weighted by atomic mass is 9.85. The molecule has 2 heterocycles. The Morgan fingerprint density at radius 1 is 1.04 bits per heavy atom. The molecule has 0 fully saturated rings. The summed E-state index contributed by atoms with van der Waals surface area (Å²) in [4.78, 5) is 17.5. The van der Waals surface area contributed by atoms with Crippen molar-refractivity contribution in [3.05, 3.63) is 83.1 Å². The van der Waals surface area contributed by atoms with Crippen LogP contribution in [0.2, 0.25) is 0 Å². The predicted molar refractivity (Wildman–Crippen MR) is 110 cm³/mol. The van der Waals surface area contributed by atoms with Crippen LogP contribution in [0.15, 0.2) is 77.1 Å². The molecule has 2 aromatic carbocycles. The van der Waals surface area contributed by atoms with Crippen molar-refractivity contribution in [3.63, 3.8) is 0 Å². The minimum Gasteiger partial charge on any atom is -0.328 e. The van der Waals surface area contributed by atoms with E-state index in [1.54, 1.807) is 11.8 Å². The SMILES string of the molecule is O=C1CCCC2=C1[C@H](c1ccccc1)n1nc(SCc3ccccc3)nc1N2. The van der Waals surface area contributed by atoms with E-state index >= 15 is 0 Å². The van der Waals surface area contributed by atoms with Gasteiger partial charge in [0.2, 0.25) is 11.1 Å². The van der Waals surface area contributed by atoms with Crippen molar-refractivity contribution in [1.82, 2.24) is 14.8 Å². The van der Waals surface area contributed by atoms with E-state index in [1.165, 1.54) is 5.56 Å². The maximum atomic E-state index is 12.8. The third-order valence-corrected chi connectivity index (χ3v) is 6.08. The number of ketones is 1. The third kappa shape index (κ3) is 3.14. The highest BCUT2D eigenvalue weighted by atomic mass is 32.2. The van der Waals surface area contributed by atoms with Gasteiger partial charge >= 0.3 is 0 Å². The van der Waals surface area contributed by atoms with Crippen molar-refractivity contribution in [1.29, 1.82) is 0 Å². The summed E-state index contributed by atoms with van der Waals surface area (Å²) >= 11 is 1.61. The van der Waals surface area contributed by atoms with Crippen molar-refractivity contribution in [2.24, 2.45) is 0 Å². The highest BCUT2D eigenvalue weighted by Crippen LogP contribution is 2.40. The number of nitrogens with zero attached hydrogens (tertiary/aromatic N) is 3. The summed E-state index contributed by atoms with van der Waals surface area (Å²) in [6.45, 7) is 0. The van der Waals surface area contributed by atoms with Gasteiger partial charge in [0.1, 0.15) is 6.04 Å². The fraction of sp³-hybridized carbons (Fsp3) is 0.227. The molecule has 1 atom stereocenters. The monoisotopic (exact) mass is 388 g/mol. The van der Waals surface area contributed by atoms with Gasteiger partial charge in [-0.1, -0.05) is 72.4 Å². The van der Waals surface area contributed by atoms with Gasteiger partial charge in [0.15, 0.2) is 5.78 Å². The fourth-order valence-electron chi connectivity index (χ4n) is 3.86. The molecule has 5 nitrogen and oxygen atoms in total. The van der Waals surface area contributed by atoms with Gasteiger partial charge in [0.05, 0.1) is 0 Å². The predicted octanol–water partition coefficient (Wildman–Crippen LogP) is 4.59. The van der Waals surface area contributed by atoms with E-state index in [0.29, 0.717) is 6.42 Å². The molecule has 140 valence electrons. The van der Waals surface area contributed by atoms with Gasteiger partial charge in [-0.05, 0) is 24.0 Å². The summed E-state index contributed by atoms with van der Waals surface area (Å²) in [5, 5.41) is 8.87. The fourth-order valence-corrected chi connectivity index (χ4v) is 4.65. The molecule has 0 amide bonds. The number of rotatable bonds is 4. The number of fused-ring (bicyclic) bond motifs is 1. The minimum absolute atomic E-state index is 0.209. The summed E-state index contributed by atoms with van der Waals surface area (Å²) in [7, 11) is 0. The van der Waals surface area contributed by atoms with E-state index in [0.717, 1.165) is 46.5 Å². The molecule has 28 heavy (non-hydrogen) atoms. The Morgan fingerprint density at radius 3 is 2.57 bits per heavy atom. The maximum Gasteiger partial charge on any atom is 0.227 e. The van der Waals surface area contributed by atoms with Crippen LogP contribution >= 0.6 is 11.8 Å². The average Bonchev–Trinajstić information content (AvgIpc) is 3.15. The molecule has 0 bridgehead atoms. The number of benzene rings is 2. The zero-order valence-electron chi connectivity index (χ0n) is 15.3. The lowest BCUT2D eigenvalue weighted by Crippen LogP contribution is -2.31. The number of aromatic nitrogens is 3. The maximum absolute atomic E-state index is 12.8. The largest absolute Gasteiger partial charge is 0.328 e. The third-order valence-electron chi connectivity index (χ3n) is 5.17. The Bertz CT molecular complexity index is 1040. The number of carbonyl (C=O) groups excluding carboxylic acids is 1. The van der Waals surface area contributed by atoms with Crippen LogP contribution in [0.1, 0.15) is 36.4 Å². The lowest BCUT2D eigenvalue weighted by molar-refractivity contribution is -0.116. The number of nitrogens with one attached hydrogen (secondary N) is 1. The van der Waals surface area contributed by atoms with E-state index in [9.17, 15) is 4.79 Å². The Labute approximate surface area is 167 Å². The Morgan fingerprint density at radius 2 is 1.79 bits per heavy atom. The number of carbonyl (C=O) groups is 1. The molecular formula is C22H20N4OS.